The number of rotatable bonds is 5. The molecular formula is C30H31N5O3S. The first-order valence-electron chi connectivity index (χ1n) is 13.8. The molecule has 2 fully saturated rings. The summed E-state index contributed by atoms with van der Waals surface area (Å²) in [4.78, 5) is 20.0. The molecule has 1 saturated heterocycles. The zero-order valence-electron chi connectivity index (χ0n) is 21.7. The average molecular weight is 542 g/mol. The van der Waals surface area contributed by atoms with E-state index in [4.69, 9.17) is 0 Å². The molecule has 4 heterocycles. The van der Waals surface area contributed by atoms with Gasteiger partial charge >= 0.3 is 0 Å². The molecule has 1 aliphatic carbocycles. The number of pyridine rings is 1. The van der Waals surface area contributed by atoms with Gasteiger partial charge in [0.1, 0.15) is 5.69 Å². The van der Waals surface area contributed by atoms with Crippen LogP contribution in [0.4, 0.5) is 0 Å². The molecule has 3 aliphatic rings. The lowest BCUT2D eigenvalue weighted by molar-refractivity contribution is -0.132. The van der Waals surface area contributed by atoms with Gasteiger partial charge in [-0.2, -0.15) is 5.10 Å². The van der Waals surface area contributed by atoms with E-state index in [1.54, 1.807) is 12.1 Å². The van der Waals surface area contributed by atoms with E-state index in [0.717, 1.165) is 85.9 Å². The molecule has 0 bridgehead atoms. The van der Waals surface area contributed by atoms with Gasteiger partial charge < -0.3 is 10.2 Å². The van der Waals surface area contributed by atoms with Gasteiger partial charge in [0.2, 0.25) is 5.91 Å². The molecule has 7 rings (SSSR count). The zero-order valence-corrected chi connectivity index (χ0v) is 22.5. The van der Waals surface area contributed by atoms with E-state index in [9.17, 15) is 13.2 Å². The Morgan fingerprint density at radius 3 is 2.41 bits per heavy atom. The Balaban J connectivity index is 1.15. The number of nitrogens with zero attached hydrogens (tertiary/aromatic N) is 3. The summed E-state index contributed by atoms with van der Waals surface area (Å²) in [6, 6.07) is 15.6. The first-order chi connectivity index (χ1) is 19.0. The van der Waals surface area contributed by atoms with Crippen molar-refractivity contribution in [2.24, 2.45) is 0 Å². The van der Waals surface area contributed by atoms with Crippen LogP contribution in [0.2, 0.25) is 0 Å². The lowest BCUT2D eigenvalue weighted by atomic mass is 9.96. The minimum Gasteiger partial charge on any atom is -0.341 e. The fraction of sp³-hybridized carbons (Fsp3) is 0.367. The minimum absolute atomic E-state index is 0.0254. The van der Waals surface area contributed by atoms with Crippen LogP contribution in [0.3, 0.4) is 0 Å². The number of fused-ring (bicyclic) bond motifs is 2. The Kier molecular flexibility index (Phi) is 6.01. The van der Waals surface area contributed by atoms with E-state index < -0.39 is 9.84 Å². The van der Waals surface area contributed by atoms with Crippen molar-refractivity contribution in [1.82, 2.24) is 25.4 Å². The highest BCUT2D eigenvalue weighted by Gasteiger charge is 2.36. The summed E-state index contributed by atoms with van der Waals surface area (Å²) in [5, 5.41) is 11.5. The fourth-order valence-corrected chi connectivity index (χ4v) is 7.55. The second-order valence-corrected chi connectivity index (χ2v) is 13.1. The van der Waals surface area contributed by atoms with E-state index in [-0.39, 0.29) is 17.2 Å². The fourth-order valence-electron chi connectivity index (χ4n) is 5.90. The van der Waals surface area contributed by atoms with Crippen molar-refractivity contribution in [1.29, 1.82) is 0 Å². The third-order valence-electron chi connectivity index (χ3n) is 8.35. The number of amides is 1. The predicted molar refractivity (Wildman–Crippen MR) is 150 cm³/mol. The van der Waals surface area contributed by atoms with Gasteiger partial charge in [-0.15, -0.1) is 0 Å². The summed E-state index contributed by atoms with van der Waals surface area (Å²) in [5.41, 5.74) is 6.94. The number of carbonyl (C=O) groups is 1. The molecule has 4 aromatic rings. The number of aromatic amines is 1. The number of carbonyl (C=O) groups excluding carboxylic acids is 1. The molecule has 200 valence electrons. The minimum atomic E-state index is -3.23. The van der Waals surface area contributed by atoms with E-state index >= 15 is 0 Å². The van der Waals surface area contributed by atoms with Gasteiger partial charge in [-0.25, -0.2) is 13.4 Å². The Morgan fingerprint density at radius 2 is 1.67 bits per heavy atom. The highest BCUT2D eigenvalue weighted by molar-refractivity contribution is 7.92. The second-order valence-electron chi connectivity index (χ2n) is 10.9. The summed E-state index contributed by atoms with van der Waals surface area (Å²) in [6.45, 7) is 2.43. The Hall–Kier alpha value is -3.56. The van der Waals surface area contributed by atoms with E-state index in [2.05, 4.69) is 44.8 Å². The normalized spacial score (nSPS) is 19.7. The third kappa shape index (κ3) is 4.53. The molecule has 0 spiro atoms. The van der Waals surface area contributed by atoms with Crippen LogP contribution in [0.25, 0.3) is 33.4 Å². The number of nitrogens with one attached hydrogen (secondary N) is 2. The van der Waals surface area contributed by atoms with Gasteiger partial charge in [0.25, 0.3) is 0 Å². The maximum absolute atomic E-state index is 13.0. The SMILES string of the molecule is O=C([C@@H]1CCCN1)N1CCc2ccc(-c3cnc4[nH]nc(-c5ccc(S(=O)(=O)C6CC6)cc5)c4c3)cc2CC1. The van der Waals surface area contributed by atoms with Gasteiger partial charge in [0.15, 0.2) is 15.5 Å². The van der Waals surface area contributed by atoms with Crippen molar-refractivity contribution in [3.05, 3.63) is 65.9 Å². The number of benzene rings is 2. The molecule has 1 saturated carbocycles. The van der Waals surface area contributed by atoms with Gasteiger partial charge in [-0.05, 0) is 80.0 Å². The van der Waals surface area contributed by atoms with Crippen LogP contribution < -0.4 is 5.32 Å². The standard InChI is InChI=1S/C30H31N5O3S/c36-30(27-2-1-13-31-27)35-14-11-19-3-4-21(16-22(19)12-15-35)23-17-26-28(33-34-29(26)32-18-23)20-5-7-24(8-6-20)39(37,38)25-9-10-25/h3-8,16-18,25,27,31H,1-2,9-15H2,(H,32,33,34)/t27-/m0/s1. The van der Waals surface area contributed by atoms with Crippen LogP contribution in [-0.4, -0.2) is 65.3 Å². The zero-order chi connectivity index (χ0) is 26.6. The number of aromatic nitrogens is 3. The highest BCUT2D eigenvalue weighted by Crippen LogP contribution is 2.35. The van der Waals surface area contributed by atoms with Crippen molar-refractivity contribution in [2.45, 2.75) is 54.7 Å². The lowest BCUT2D eigenvalue weighted by Crippen LogP contribution is -2.44. The van der Waals surface area contributed by atoms with Crippen molar-refractivity contribution < 1.29 is 13.2 Å². The Bertz CT molecular complexity index is 1670. The molecular weight excluding hydrogens is 510 g/mol. The maximum Gasteiger partial charge on any atom is 0.239 e. The monoisotopic (exact) mass is 541 g/mol. The predicted octanol–water partition coefficient (Wildman–Crippen LogP) is 3.91. The Morgan fingerprint density at radius 1 is 0.897 bits per heavy atom. The topological polar surface area (TPSA) is 108 Å². The molecule has 8 nitrogen and oxygen atoms in total. The molecule has 2 aliphatic heterocycles. The van der Waals surface area contributed by atoms with Gasteiger partial charge in [0, 0.05) is 35.8 Å². The van der Waals surface area contributed by atoms with E-state index in [1.165, 1.54) is 11.1 Å². The summed E-state index contributed by atoms with van der Waals surface area (Å²) >= 11 is 0. The smallest absolute Gasteiger partial charge is 0.239 e. The largest absolute Gasteiger partial charge is 0.341 e. The van der Waals surface area contributed by atoms with E-state index in [0.29, 0.717) is 10.5 Å². The van der Waals surface area contributed by atoms with Crippen molar-refractivity contribution in [2.75, 3.05) is 19.6 Å². The molecule has 2 N–H and O–H groups in total. The van der Waals surface area contributed by atoms with Crippen LogP contribution in [0, 0.1) is 0 Å². The van der Waals surface area contributed by atoms with Crippen LogP contribution in [-0.2, 0) is 27.5 Å². The van der Waals surface area contributed by atoms with Gasteiger partial charge in [0.05, 0.1) is 16.2 Å². The number of hydrogen-bond donors (Lipinski definition) is 2. The molecule has 2 aromatic carbocycles. The molecule has 1 amide bonds. The maximum atomic E-state index is 13.0. The quantitative estimate of drug-likeness (QED) is 0.397. The van der Waals surface area contributed by atoms with Crippen molar-refractivity contribution in [3.63, 3.8) is 0 Å². The van der Waals surface area contributed by atoms with Crippen LogP contribution >= 0.6 is 0 Å². The van der Waals surface area contributed by atoms with E-state index in [1.807, 2.05) is 23.2 Å². The van der Waals surface area contributed by atoms with Crippen LogP contribution in [0.1, 0.15) is 36.8 Å². The Labute approximate surface area is 227 Å². The lowest BCUT2D eigenvalue weighted by Gasteiger charge is -2.23. The average Bonchev–Trinajstić information content (AvgIpc) is 3.60. The van der Waals surface area contributed by atoms with Crippen LogP contribution in [0.5, 0.6) is 0 Å². The number of hydrogen-bond acceptors (Lipinski definition) is 6. The molecule has 9 heteroatoms. The molecule has 1 atom stereocenters. The number of sulfone groups is 1. The van der Waals surface area contributed by atoms with Gasteiger partial charge in [-0.3, -0.25) is 9.89 Å². The summed E-state index contributed by atoms with van der Waals surface area (Å²) < 4.78 is 25.2. The van der Waals surface area contributed by atoms with Crippen molar-refractivity contribution >= 4 is 26.8 Å². The summed E-state index contributed by atoms with van der Waals surface area (Å²) in [6.07, 6.45) is 7.06. The highest BCUT2D eigenvalue weighted by atomic mass is 32.2. The van der Waals surface area contributed by atoms with Gasteiger partial charge in [-0.1, -0.05) is 30.3 Å². The number of H-pyrrole nitrogens is 1. The molecule has 2 aromatic heterocycles. The summed E-state index contributed by atoms with van der Waals surface area (Å²) in [5.74, 6) is 0.237. The second kappa shape index (κ2) is 9.57. The summed E-state index contributed by atoms with van der Waals surface area (Å²) in [7, 11) is -3.23. The first kappa shape index (κ1) is 24.5. The molecule has 39 heavy (non-hydrogen) atoms. The first-order valence-corrected chi connectivity index (χ1v) is 15.3. The third-order valence-corrected chi connectivity index (χ3v) is 10.6. The van der Waals surface area contributed by atoms with Crippen LogP contribution in [0.15, 0.2) is 59.6 Å². The van der Waals surface area contributed by atoms with Crippen molar-refractivity contribution in [3.8, 4) is 22.4 Å². The molecule has 0 unspecified atom stereocenters. The molecule has 0 radical (unpaired) electrons.